The highest BCUT2D eigenvalue weighted by molar-refractivity contribution is 7.12. The first kappa shape index (κ1) is 13.8. The summed E-state index contributed by atoms with van der Waals surface area (Å²) in [6, 6.07) is 11.2. The van der Waals surface area contributed by atoms with Crippen molar-refractivity contribution in [2.45, 2.75) is 51.5 Å². The molecule has 2 aromatic rings. The lowest BCUT2D eigenvalue weighted by Gasteiger charge is -2.20. The Morgan fingerprint density at radius 1 is 1.10 bits per heavy atom. The van der Waals surface area contributed by atoms with E-state index in [0.29, 0.717) is 0 Å². The quantitative estimate of drug-likeness (QED) is 0.858. The molecule has 1 unspecified atom stereocenters. The van der Waals surface area contributed by atoms with Gasteiger partial charge in [0.1, 0.15) is 0 Å². The number of fused-ring (bicyclic) bond motifs is 1. The summed E-state index contributed by atoms with van der Waals surface area (Å²) in [4.78, 5) is 2.87. The van der Waals surface area contributed by atoms with Gasteiger partial charge in [-0.25, -0.2) is 0 Å². The van der Waals surface area contributed by atoms with Gasteiger partial charge in [-0.15, -0.1) is 11.3 Å². The minimum atomic E-state index is 0.0274. The monoisotopic (exact) mass is 285 g/mol. The minimum Gasteiger partial charge on any atom is -0.320 e. The van der Waals surface area contributed by atoms with E-state index in [1.165, 1.54) is 40.8 Å². The van der Waals surface area contributed by atoms with Gasteiger partial charge in [-0.2, -0.15) is 0 Å². The van der Waals surface area contributed by atoms with Crippen LogP contribution in [0.4, 0.5) is 0 Å². The average Bonchev–Trinajstić information content (AvgIpc) is 2.97. The van der Waals surface area contributed by atoms with Crippen LogP contribution in [0.15, 0.2) is 30.3 Å². The van der Waals surface area contributed by atoms with Crippen molar-refractivity contribution in [3.63, 3.8) is 0 Å². The van der Waals surface area contributed by atoms with Gasteiger partial charge in [-0.1, -0.05) is 45.0 Å². The van der Waals surface area contributed by atoms with Gasteiger partial charge in [0.25, 0.3) is 0 Å². The van der Waals surface area contributed by atoms with Crippen molar-refractivity contribution >= 4 is 11.3 Å². The highest BCUT2D eigenvalue weighted by Gasteiger charge is 2.20. The Kier molecular flexibility index (Phi) is 3.47. The lowest BCUT2D eigenvalue weighted by Crippen LogP contribution is -2.13. The summed E-state index contributed by atoms with van der Waals surface area (Å²) in [5.41, 5.74) is 10.8. The number of nitrogens with two attached hydrogens (primary N) is 1. The minimum absolute atomic E-state index is 0.0274. The van der Waals surface area contributed by atoms with Gasteiger partial charge in [-0.05, 0) is 47.4 Å². The van der Waals surface area contributed by atoms with E-state index in [2.05, 4.69) is 51.1 Å². The first-order chi connectivity index (χ1) is 9.45. The second kappa shape index (κ2) is 5.01. The van der Waals surface area contributed by atoms with Gasteiger partial charge in [0.15, 0.2) is 0 Å². The number of hydrogen-bond donors (Lipinski definition) is 1. The molecule has 0 fully saturated rings. The van der Waals surface area contributed by atoms with E-state index < -0.39 is 0 Å². The Morgan fingerprint density at radius 3 is 2.40 bits per heavy atom. The van der Waals surface area contributed by atoms with Crippen LogP contribution in [0, 0.1) is 0 Å². The largest absolute Gasteiger partial charge is 0.320 e. The fourth-order valence-corrected chi connectivity index (χ4v) is 4.15. The Morgan fingerprint density at radius 2 is 1.80 bits per heavy atom. The van der Waals surface area contributed by atoms with Gasteiger partial charge < -0.3 is 5.73 Å². The first-order valence-corrected chi connectivity index (χ1v) is 8.24. The third kappa shape index (κ3) is 2.55. The molecule has 106 valence electrons. The molecule has 0 saturated carbocycles. The molecule has 0 amide bonds. The van der Waals surface area contributed by atoms with E-state index in [1.54, 1.807) is 4.88 Å². The highest BCUT2D eigenvalue weighted by Crippen LogP contribution is 2.35. The second-order valence-corrected chi connectivity index (χ2v) is 7.97. The average molecular weight is 285 g/mol. The van der Waals surface area contributed by atoms with Crippen molar-refractivity contribution < 1.29 is 0 Å². The van der Waals surface area contributed by atoms with Crippen LogP contribution in [0.3, 0.4) is 0 Å². The van der Waals surface area contributed by atoms with Crippen molar-refractivity contribution in [1.82, 2.24) is 0 Å². The summed E-state index contributed by atoms with van der Waals surface area (Å²) in [5.74, 6) is 0. The Hall–Kier alpha value is -1.12. The van der Waals surface area contributed by atoms with Gasteiger partial charge in [-0.3, -0.25) is 0 Å². The van der Waals surface area contributed by atoms with E-state index in [4.69, 9.17) is 5.73 Å². The maximum Gasteiger partial charge on any atom is 0.0646 e. The van der Waals surface area contributed by atoms with Crippen LogP contribution in [0.2, 0.25) is 0 Å². The van der Waals surface area contributed by atoms with E-state index in [0.717, 1.165) is 0 Å². The Balaban J connectivity index is 1.84. The predicted molar refractivity (Wildman–Crippen MR) is 87.5 cm³/mol. The Labute approximate surface area is 125 Å². The molecule has 1 heterocycles. The molecule has 2 N–H and O–H groups in total. The molecule has 3 rings (SSSR count). The van der Waals surface area contributed by atoms with E-state index in [-0.39, 0.29) is 11.5 Å². The number of benzene rings is 1. The van der Waals surface area contributed by atoms with Crippen LogP contribution < -0.4 is 5.73 Å². The summed E-state index contributed by atoms with van der Waals surface area (Å²) in [7, 11) is 0. The Bertz CT molecular complexity index is 580. The molecular formula is C18H23NS. The van der Waals surface area contributed by atoms with Gasteiger partial charge in [0, 0.05) is 9.75 Å². The molecule has 1 aliphatic rings. The molecule has 1 nitrogen and oxygen atoms in total. The fourth-order valence-electron chi connectivity index (χ4n) is 2.86. The zero-order valence-electron chi connectivity index (χ0n) is 12.6. The maximum atomic E-state index is 6.45. The SMILES string of the molecule is CC(C)(C)c1ccc(C(N)c2cc3c(s2)CCC3)cc1. The molecule has 0 aliphatic heterocycles. The lowest BCUT2D eigenvalue weighted by atomic mass is 9.86. The molecule has 1 aromatic carbocycles. The van der Waals surface area contributed by atoms with Crippen LogP contribution >= 0.6 is 11.3 Å². The fraction of sp³-hybridized carbons (Fsp3) is 0.444. The molecule has 0 saturated heterocycles. The first-order valence-electron chi connectivity index (χ1n) is 7.42. The van der Waals surface area contributed by atoms with E-state index >= 15 is 0 Å². The molecular weight excluding hydrogens is 262 g/mol. The van der Waals surface area contributed by atoms with E-state index in [1.807, 2.05) is 11.3 Å². The molecule has 0 spiro atoms. The van der Waals surface area contributed by atoms with Crippen LogP contribution in [0.25, 0.3) is 0 Å². The molecule has 0 radical (unpaired) electrons. The van der Waals surface area contributed by atoms with Crippen LogP contribution in [0.1, 0.15) is 59.7 Å². The molecule has 1 aliphatic carbocycles. The summed E-state index contributed by atoms with van der Waals surface area (Å²) in [6.07, 6.45) is 3.80. The number of thiophene rings is 1. The number of hydrogen-bond acceptors (Lipinski definition) is 2. The summed E-state index contributed by atoms with van der Waals surface area (Å²) in [6.45, 7) is 6.73. The third-order valence-corrected chi connectivity index (χ3v) is 5.53. The predicted octanol–water partition coefficient (Wildman–Crippen LogP) is 4.58. The molecule has 1 atom stereocenters. The summed E-state index contributed by atoms with van der Waals surface area (Å²) < 4.78 is 0. The topological polar surface area (TPSA) is 26.0 Å². The van der Waals surface area contributed by atoms with Crippen molar-refractivity contribution in [1.29, 1.82) is 0 Å². The highest BCUT2D eigenvalue weighted by atomic mass is 32.1. The van der Waals surface area contributed by atoms with Crippen LogP contribution in [0.5, 0.6) is 0 Å². The standard InChI is InChI=1S/C18H23NS/c1-18(2,3)14-9-7-12(8-10-14)17(19)16-11-13-5-4-6-15(13)20-16/h7-11,17H,4-6,19H2,1-3H3. The second-order valence-electron chi connectivity index (χ2n) is 6.80. The maximum absolute atomic E-state index is 6.45. The van der Waals surface area contributed by atoms with Crippen molar-refractivity contribution in [2.75, 3.05) is 0 Å². The van der Waals surface area contributed by atoms with E-state index in [9.17, 15) is 0 Å². The van der Waals surface area contributed by atoms with Crippen molar-refractivity contribution in [2.24, 2.45) is 5.73 Å². The van der Waals surface area contributed by atoms with Gasteiger partial charge in [0.2, 0.25) is 0 Å². The number of aryl methyl sites for hydroxylation is 2. The summed E-state index contributed by atoms with van der Waals surface area (Å²) >= 11 is 1.91. The third-order valence-electron chi connectivity index (χ3n) is 4.21. The lowest BCUT2D eigenvalue weighted by molar-refractivity contribution is 0.590. The molecule has 1 aromatic heterocycles. The zero-order chi connectivity index (χ0) is 14.3. The van der Waals surface area contributed by atoms with Gasteiger partial charge >= 0.3 is 0 Å². The van der Waals surface area contributed by atoms with Crippen LogP contribution in [-0.2, 0) is 18.3 Å². The molecule has 0 bridgehead atoms. The normalized spacial score (nSPS) is 16.2. The van der Waals surface area contributed by atoms with Gasteiger partial charge in [0.05, 0.1) is 6.04 Å². The zero-order valence-corrected chi connectivity index (χ0v) is 13.4. The molecule has 20 heavy (non-hydrogen) atoms. The molecule has 2 heteroatoms. The smallest absolute Gasteiger partial charge is 0.0646 e. The summed E-state index contributed by atoms with van der Waals surface area (Å²) in [5, 5.41) is 0. The van der Waals surface area contributed by atoms with Crippen LogP contribution in [-0.4, -0.2) is 0 Å². The van der Waals surface area contributed by atoms with Crippen molar-refractivity contribution in [3.8, 4) is 0 Å². The van der Waals surface area contributed by atoms with Crippen molar-refractivity contribution in [3.05, 3.63) is 56.8 Å². The number of rotatable bonds is 2.